The van der Waals surface area contributed by atoms with Crippen LogP contribution in [0.15, 0.2) is 22.7 Å². The number of benzene rings is 1. The highest BCUT2D eigenvalue weighted by molar-refractivity contribution is 9.10. The normalized spacial score (nSPS) is 14.7. The SMILES string of the molecule is CC(C)C(c1ccc(Br)cc1[N+](=O)[O-])C(C)Br. The van der Waals surface area contributed by atoms with Gasteiger partial charge in [-0.2, -0.15) is 0 Å². The molecule has 2 unspecified atom stereocenters. The minimum atomic E-state index is -0.315. The van der Waals surface area contributed by atoms with E-state index in [1.54, 1.807) is 6.07 Å². The molecule has 3 nitrogen and oxygen atoms in total. The largest absolute Gasteiger partial charge is 0.274 e. The fourth-order valence-electron chi connectivity index (χ4n) is 2.09. The average Bonchev–Trinajstić information content (AvgIpc) is 2.19. The lowest BCUT2D eigenvalue weighted by Crippen LogP contribution is -2.17. The summed E-state index contributed by atoms with van der Waals surface area (Å²) in [7, 11) is 0. The molecule has 2 atom stereocenters. The first-order chi connectivity index (χ1) is 7.84. The van der Waals surface area contributed by atoms with E-state index in [0.29, 0.717) is 5.92 Å². The van der Waals surface area contributed by atoms with Gasteiger partial charge in [0.1, 0.15) is 0 Å². The van der Waals surface area contributed by atoms with Crippen molar-refractivity contribution in [3.8, 4) is 0 Å². The molecule has 0 aromatic heterocycles. The number of hydrogen-bond acceptors (Lipinski definition) is 2. The van der Waals surface area contributed by atoms with E-state index in [9.17, 15) is 10.1 Å². The number of alkyl halides is 1. The van der Waals surface area contributed by atoms with Crippen molar-refractivity contribution < 1.29 is 4.92 Å². The summed E-state index contributed by atoms with van der Waals surface area (Å²) < 4.78 is 0.734. The summed E-state index contributed by atoms with van der Waals surface area (Å²) in [5, 5.41) is 11.1. The van der Waals surface area contributed by atoms with Crippen LogP contribution in [0.5, 0.6) is 0 Å². The van der Waals surface area contributed by atoms with E-state index in [4.69, 9.17) is 0 Å². The molecule has 0 spiro atoms. The van der Waals surface area contributed by atoms with Gasteiger partial charge in [-0.15, -0.1) is 0 Å². The molecule has 0 radical (unpaired) electrons. The lowest BCUT2D eigenvalue weighted by atomic mass is 9.85. The van der Waals surface area contributed by atoms with Crippen molar-refractivity contribution in [1.82, 2.24) is 0 Å². The highest BCUT2D eigenvalue weighted by atomic mass is 79.9. The van der Waals surface area contributed by atoms with Gasteiger partial charge in [-0.05, 0) is 12.0 Å². The van der Waals surface area contributed by atoms with Crippen LogP contribution in [0, 0.1) is 16.0 Å². The Labute approximate surface area is 118 Å². The summed E-state index contributed by atoms with van der Waals surface area (Å²) >= 11 is 6.82. The zero-order chi connectivity index (χ0) is 13.2. The van der Waals surface area contributed by atoms with E-state index in [1.807, 2.05) is 19.1 Å². The summed E-state index contributed by atoms with van der Waals surface area (Å²) in [5.74, 6) is 0.466. The second kappa shape index (κ2) is 5.96. The maximum atomic E-state index is 11.1. The highest BCUT2D eigenvalue weighted by Crippen LogP contribution is 2.38. The third-order valence-electron chi connectivity index (χ3n) is 2.76. The Morgan fingerprint density at radius 2 is 1.88 bits per heavy atom. The molecule has 0 aliphatic rings. The van der Waals surface area contributed by atoms with Gasteiger partial charge >= 0.3 is 0 Å². The predicted molar refractivity (Wildman–Crippen MR) is 76.8 cm³/mol. The summed E-state index contributed by atoms with van der Waals surface area (Å²) in [5.41, 5.74) is 0.974. The first-order valence-electron chi connectivity index (χ1n) is 5.42. The summed E-state index contributed by atoms with van der Waals surface area (Å²) in [6.07, 6.45) is 0. The van der Waals surface area contributed by atoms with Gasteiger partial charge in [-0.3, -0.25) is 10.1 Å². The Balaban J connectivity index is 3.32. The summed E-state index contributed by atoms with van der Waals surface area (Å²) in [4.78, 5) is 11.0. The molecule has 0 N–H and O–H groups in total. The third kappa shape index (κ3) is 3.52. The second-order valence-corrected chi connectivity index (χ2v) is 6.77. The maximum absolute atomic E-state index is 11.1. The van der Waals surface area contributed by atoms with Gasteiger partial charge in [-0.1, -0.05) is 58.7 Å². The van der Waals surface area contributed by atoms with Crippen molar-refractivity contribution in [2.75, 3.05) is 0 Å². The van der Waals surface area contributed by atoms with Crippen molar-refractivity contribution >= 4 is 37.5 Å². The first kappa shape index (κ1) is 14.6. The molecule has 5 heteroatoms. The third-order valence-corrected chi connectivity index (χ3v) is 3.82. The second-order valence-electron chi connectivity index (χ2n) is 4.41. The zero-order valence-electron chi connectivity index (χ0n) is 9.98. The standard InChI is InChI=1S/C12H15Br2NO2/c1-7(2)12(8(3)13)10-5-4-9(14)6-11(10)15(16)17/h4-8,12H,1-3H3. The van der Waals surface area contributed by atoms with Crippen LogP contribution in [0.25, 0.3) is 0 Å². The quantitative estimate of drug-likeness (QED) is 0.434. The van der Waals surface area contributed by atoms with Crippen LogP contribution in [0.1, 0.15) is 32.3 Å². The predicted octanol–water partition coefficient (Wildman–Crippen LogP) is 4.88. The fraction of sp³-hybridized carbons (Fsp3) is 0.500. The van der Waals surface area contributed by atoms with Gasteiger partial charge < -0.3 is 0 Å². The molecule has 0 aliphatic carbocycles. The number of nitro benzene ring substituents is 1. The van der Waals surface area contributed by atoms with Gasteiger partial charge in [0.05, 0.1) is 4.92 Å². The smallest absolute Gasteiger partial charge is 0.258 e. The van der Waals surface area contributed by atoms with E-state index in [0.717, 1.165) is 10.0 Å². The highest BCUT2D eigenvalue weighted by Gasteiger charge is 2.28. The van der Waals surface area contributed by atoms with Crippen LogP contribution in [0.3, 0.4) is 0 Å². The molecule has 0 saturated heterocycles. The average molecular weight is 365 g/mol. The van der Waals surface area contributed by atoms with Gasteiger partial charge in [0.2, 0.25) is 0 Å². The minimum Gasteiger partial charge on any atom is -0.258 e. The molecule has 1 aromatic carbocycles. The van der Waals surface area contributed by atoms with E-state index in [-0.39, 0.29) is 21.4 Å². The molecule has 0 amide bonds. The monoisotopic (exact) mass is 363 g/mol. The summed E-state index contributed by atoms with van der Waals surface area (Å²) in [6.45, 7) is 6.18. The maximum Gasteiger partial charge on any atom is 0.274 e. The summed E-state index contributed by atoms with van der Waals surface area (Å²) in [6, 6.07) is 5.26. The van der Waals surface area contributed by atoms with Crippen LogP contribution in [0.2, 0.25) is 0 Å². The molecule has 0 aliphatic heterocycles. The number of hydrogen-bond donors (Lipinski definition) is 0. The molecule has 17 heavy (non-hydrogen) atoms. The molecule has 1 rings (SSSR count). The van der Waals surface area contributed by atoms with Crippen molar-refractivity contribution in [3.05, 3.63) is 38.3 Å². The molecule has 0 saturated carbocycles. The first-order valence-corrected chi connectivity index (χ1v) is 7.13. The number of nitrogens with zero attached hydrogens (tertiary/aromatic N) is 1. The Morgan fingerprint density at radius 1 is 1.29 bits per heavy atom. The van der Waals surface area contributed by atoms with E-state index in [1.165, 1.54) is 0 Å². The molecule has 94 valence electrons. The molecular weight excluding hydrogens is 350 g/mol. The van der Waals surface area contributed by atoms with E-state index in [2.05, 4.69) is 45.7 Å². The van der Waals surface area contributed by atoms with Crippen LogP contribution >= 0.6 is 31.9 Å². The molecular formula is C12H15Br2NO2. The Bertz CT molecular complexity index is 411. The van der Waals surface area contributed by atoms with E-state index >= 15 is 0 Å². The lowest BCUT2D eigenvalue weighted by Gasteiger charge is -2.23. The van der Waals surface area contributed by atoms with Crippen molar-refractivity contribution in [1.29, 1.82) is 0 Å². The molecule has 0 fully saturated rings. The van der Waals surface area contributed by atoms with Crippen molar-refractivity contribution in [2.24, 2.45) is 5.92 Å². The Hall–Kier alpha value is -0.420. The van der Waals surface area contributed by atoms with Gasteiger partial charge in [0.25, 0.3) is 5.69 Å². The van der Waals surface area contributed by atoms with Gasteiger partial charge in [0.15, 0.2) is 0 Å². The zero-order valence-corrected chi connectivity index (χ0v) is 13.2. The van der Waals surface area contributed by atoms with Crippen LogP contribution in [0.4, 0.5) is 5.69 Å². The van der Waals surface area contributed by atoms with E-state index < -0.39 is 0 Å². The Morgan fingerprint density at radius 3 is 2.29 bits per heavy atom. The number of halogens is 2. The van der Waals surface area contributed by atoms with Crippen molar-refractivity contribution in [3.63, 3.8) is 0 Å². The van der Waals surface area contributed by atoms with Crippen LogP contribution < -0.4 is 0 Å². The fourth-order valence-corrected chi connectivity index (χ4v) is 3.34. The number of nitro groups is 1. The minimum absolute atomic E-state index is 0.128. The number of rotatable bonds is 4. The molecule has 1 aromatic rings. The van der Waals surface area contributed by atoms with Crippen LogP contribution in [-0.4, -0.2) is 9.75 Å². The van der Waals surface area contributed by atoms with Gasteiger partial charge in [0, 0.05) is 26.8 Å². The topological polar surface area (TPSA) is 43.1 Å². The van der Waals surface area contributed by atoms with Crippen LogP contribution in [-0.2, 0) is 0 Å². The lowest BCUT2D eigenvalue weighted by molar-refractivity contribution is -0.385. The molecule has 0 heterocycles. The van der Waals surface area contributed by atoms with Crippen molar-refractivity contribution in [2.45, 2.75) is 31.5 Å². The molecule has 0 bridgehead atoms. The van der Waals surface area contributed by atoms with Gasteiger partial charge in [-0.25, -0.2) is 0 Å². The Kier molecular flexibility index (Phi) is 5.13.